The van der Waals surface area contributed by atoms with Crippen LogP contribution in [0.2, 0.25) is 0 Å². The summed E-state index contributed by atoms with van der Waals surface area (Å²) >= 11 is 0. The molecular weight excluding hydrogens is 880 g/mol. The van der Waals surface area contributed by atoms with Crippen LogP contribution in [0.5, 0.6) is 0 Å². The number of hydrogen-bond donors (Lipinski definition) is 0. The van der Waals surface area contributed by atoms with E-state index in [9.17, 15) is 0 Å². The Morgan fingerprint density at radius 2 is 0.630 bits per heavy atom. The van der Waals surface area contributed by atoms with E-state index in [2.05, 4.69) is 278 Å². The standard InChI is InChI=1S/C70H69BN2/c1-68(2,3)52-36-38-63-61(44-52)71-62-45-53(69(4,5)6)37-39-64(62)73(43-41-60-57(50-28-18-12-19-29-50)34-23-35-58(60)51-30-20-13-21-31-51)66-47-54(70(7,8)9)46-65(67(66)71)72(63)42-40-59-55(48-24-14-10-15-25-48)32-22-33-56(59)49-26-16-11-17-27-49/h10-39,44-47H,40-43H2,1-9H3. The van der Waals surface area contributed by atoms with Gasteiger partial charge in [-0.15, -0.1) is 0 Å². The zero-order chi connectivity index (χ0) is 50.6. The van der Waals surface area contributed by atoms with Gasteiger partial charge in [0.15, 0.2) is 0 Å². The molecule has 9 aromatic carbocycles. The Hall–Kier alpha value is -7.36. The first-order valence-electron chi connectivity index (χ1n) is 26.6. The summed E-state index contributed by atoms with van der Waals surface area (Å²) < 4.78 is 0. The Morgan fingerprint density at radius 1 is 0.315 bits per heavy atom. The highest BCUT2D eigenvalue weighted by Gasteiger charge is 2.44. The molecule has 9 aromatic rings. The smallest absolute Gasteiger partial charge is 0.252 e. The lowest BCUT2D eigenvalue weighted by Gasteiger charge is -2.46. The third-order valence-corrected chi connectivity index (χ3v) is 15.7. The van der Waals surface area contributed by atoms with Crippen molar-refractivity contribution in [1.29, 1.82) is 0 Å². The van der Waals surface area contributed by atoms with Crippen molar-refractivity contribution in [3.05, 3.63) is 234 Å². The van der Waals surface area contributed by atoms with Gasteiger partial charge in [0, 0.05) is 35.8 Å². The molecule has 0 radical (unpaired) electrons. The summed E-state index contributed by atoms with van der Waals surface area (Å²) in [5.41, 5.74) is 26.4. The zero-order valence-corrected chi connectivity index (χ0v) is 44.4. The molecule has 0 saturated heterocycles. The molecule has 73 heavy (non-hydrogen) atoms. The fourth-order valence-corrected chi connectivity index (χ4v) is 11.7. The van der Waals surface area contributed by atoms with E-state index in [0.29, 0.717) is 0 Å². The van der Waals surface area contributed by atoms with Crippen molar-refractivity contribution in [3.8, 4) is 44.5 Å². The minimum absolute atomic E-state index is 0.0301. The number of rotatable bonds is 10. The molecule has 0 saturated carbocycles. The fourth-order valence-electron chi connectivity index (χ4n) is 11.7. The van der Waals surface area contributed by atoms with Crippen molar-refractivity contribution in [1.82, 2.24) is 0 Å². The second-order valence-electron chi connectivity index (χ2n) is 23.6. The quantitative estimate of drug-likeness (QED) is 0.126. The first kappa shape index (κ1) is 47.9. The van der Waals surface area contributed by atoms with Gasteiger partial charge in [0.05, 0.1) is 0 Å². The van der Waals surface area contributed by atoms with Crippen molar-refractivity contribution in [3.63, 3.8) is 0 Å². The molecule has 2 aliphatic rings. The topological polar surface area (TPSA) is 6.48 Å². The van der Waals surface area contributed by atoms with Crippen LogP contribution in [-0.4, -0.2) is 19.8 Å². The average molecular weight is 949 g/mol. The second-order valence-corrected chi connectivity index (χ2v) is 23.6. The van der Waals surface area contributed by atoms with Gasteiger partial charge in [0.25, 0.3) is 6.71 Å². The van der Waals surface area contributed by atoms with Crippen molar-refractivity contribution in [2.75, 3.05) is 22.9 Å². The lowest BCUT2D eigenvalue weighted by Crippen LogP contribution is -2.63. The van der Waals surface area contributed by atoms with Gasteiger partial charge >= 0.3 is 0 Å². The normalized spacial score (nSPS) is 13.1. The van der Waals surface area contributed by atoms with Gasteiger partial charge in [-0.2, -0.15) is 0 Å². The van der Waals surface area contributed by atoms with Gasteiger partial charge in [0.1, 0.15) is 0 Å². The summed E-state index contributed by atoms with van der Waals surface area (Å²) in [6.45, 7) is 23.0. The van der Waals surface area contributed by atoms with Crippen LogP contribution in [0.4, 0.5) is 22.7 Å². The highest BCUT2D eigenvalue weighted by Crippen LogP contribution is 2.44. The summed E-state index contributed by atoms with van der Waals surface area (Å²) in [7, 11) is 0. The first-order chi connectivity index (χ1) is 35.1. The van der Waals surface area contributed by atoms with Crippen LogP contribution in [0.3, 0.4) is 0 Å². The predicted octanol–water partition coefficient (Wildman–Crippen LogP) is 16.2. The Labute approximate surface area is 436 Å². The zero-order valence-electron chi connectivity index (χ0n) is 44.4. The number of hydrogen-bond acceptors (Lipinski definition) is 2. The Balaban J connectivity index is 1.14. The molecule has 11 rings (SSSR count). The molecule has 0 amide bonds. The molecule has 2 nitrogen and oxygen atoms in total. The molecule has 0 bridgehead atoms. The number of benzene rings is 9. The van der Waals surface area contributed by atoms with E-state index in [1.807, 2.05) is 0 Å². The molecule has 2 aliphatic heterocycles. The monoisotopic (exact) mass is 949 g/mol. The van der Waals surface area contributed by atoms with Gasteiger partial charge in [0.2, 0.25) is 0 Å². The minimum atomic E-state index is -0.105. The summed E-state index contributed by atoms with van der Waals surface area (Å²) in [4.78, 5) is 5.44. The Bertz CT molecular complexity index is 3110. The second kappa shape index (κ2) is 18.9. The van der Waals surface area contributed by atoms with Crippen LogP contribution in [-0.2, 0) is 29.1 Å². The van der Waals surface area contributed by atoms with Crippen LogP contribution in [0.25, 0.3) is 44.5 Å². The van der Waals surface area contributed by atoms with E-state index in [-0.39, 0.29) is 23.0 Å². The highest BCUT2D eigenvalue weighted by atomic mass is 15.2. The Kier molecular flexibility index (Phi) is 12.4. The van der Waals surface area contributed by atoms with Gasteiger partial charge < -0.3 is 9.80 Å². The maximum Gasteiger partial charge on any atom is 0.252 e. The van der Waals surface area contributed by atoms with Crippen molar-refractivity contribution in [2.24, 2.45) is 0 Å². The highest BCUT2D eigenvalue weighted by molar-refractivity contribution is 7.00. The lowest BCUT2D eigenvalue weighted by molar-refractivity contribution is 0.589. The fraction of sp³-hybridized carbons (Fsp3) is 0.229. The number of nitrogens with zero attached hydrogens (tertiary/aromatic N) is 2. The minimum Gasteiger partial charge on any atom is -0.342 e. The molecule has 362 valence electrons. The molecule has 3 heteroatoms. The summed E-state index contributed by atoms with van der Waals surface area (Å²) in [6, 6.07) is 77.9. The van der Waals surface area contributed by atoms with Crippen molar-refractivity contribution in [2.45, 2.75) is 91.4 Å². The molecule has 0 spiro atoms. The molecule has 0 atom stereocenters. The summed E-state index contributed by atoms with van der Waals surface area (Å²) in [6.07, 6.45) is 1.73. The van der Waals surface area contributed by atoms with Crippen LogP contribution in [0, 0.1) is 0 Å². The van der Waals surface area contributed by atoms with E-state index in [1.165, 1.54) is 111 Å². The van der Waals surface area contributed by atoms with E-state index >= 15 is 0 Å². The summed E-state index contributed by atoms with van der Waals surface area (Å²) in [5, 5.41) is 0. The maximum absolute atomic E-state index is 2.72. The lowest BCUT2D eigenvalue weighted by atomic mass is 9.33. The molecule has 0 fully saturated rings. The molecule has 0 aliphatic carbocycles. The van der Waals surface area contributed by atoms with Gasteiger partial charge in [-0.25, -0.2) is 0 Å². The van der Waals surface area contributed by atoms with Gasteiger partial charge in [-0.05, 0) is 142 Å². The SMILES string of the molecule is CC(C)(C)c1ccc2c(c1)B1c3cc(C(C)(C)C)ccc3N(CCc3c(-c4ccccc4)cccc3-c3ccccc3)c3cc(C(C)(C)C)cc(c31)N2CCc1c(-c2ccccc2)cccc1-c1ccccc1. The largest absolute Gasteiger partial charge is 0.342 e. The van der Waals surface area contributed by atoms with Crippen LogP contribution < -0.4 is 26.2 Å². The third-order valence-electron chi connectivity index (χ3n) is 15.7. The van der Waals surface area contributed by atoms with Crippen molar-refractivity contribution < 1.29 is 0 Å². The van der Waals surface area contributed by atoms with E-state index in [4.69, 9.17) is 0 Å². The van der Waals surface area contributed by atoms with E-state index in [0.717, 1.165) is 25.9 Å². The van der Waals surface area contributed by atoms with Gasteiger partial charge in [-0.1, -0.05) is 244 Å². The average Bonchev–Trinajstić information content (AvgIpc) is 3.40. The van der Waals surface area contributed by atoms with Crippen LogP contribution >= 0.6 is 0 Å². The summed E-state index contributed by atoms with van der Waals surface area (Å²) in [5.74, 6) is 0. The first-order valence-corrected chi connectivity index (χ1v) is 26.6. The molecule has 0 aromatic heterocycles. The number of fused-ring (bicyclic) bond motifs is 4. The van der Waals surface area contributed by atoms with Crippen LogP contribution in [0.15, 0.2) is 206 Å². The Morgan fingerprint density at radius 3 is 0.932 bits per heavy atom. The maximum atomic E-state index is 2.72. The molecule has 0 unspecified atom stereocenters. The molecule has 2 heterocycles. The molecular formula is C70H69BN2. The van der Waals surface area contributed by atoms with Crippen LogP contribution in [0.1, 0.15) is 90.1 Å². The number of anilines is 4. The molecule has 0 N–H and O–H groups in total. The van der Waals surface area contributed by atoms with E-state index < -0.39 is 0 Å². The van der Waals surface area contributed by atoms with Crippen molar-refractivity contribution >= 4 is 45.9 Å². The predicted molar refractivity (Wildman–Crippen MR) is 316 cm³/mol. The van der Waals surface area contributed by atoms with Gasteiger partial charge in [-0.3, -0.25) is 0 Å². The van der Waals surface area contributed by atoms with E-state index in [1.54, 1.807) is 0 Å². The third kappa shape index (κ3) is 9.14.